The van der Waals surface area contributed by atoms with Gasteiger partial charge in [0.05, 0.1) is 35.2 Å². The van der Waals surface area contributed by atoms with Crippen LogP contribution in [0.1, 0.15) is 49.4 Å². The van der Waals surface area contributed by atoms with Crippen molar-refractivity contribution in [3.63, 3.8) is 0 Å². The number of nitro groups is 1. The van der Waals surface area contributed by atoms with E-state index >= 15 is 0 Å². The average Bonchev–Trinajstić information content (AvgIpc) is 3.24. The third-order valence-electron chi connectivity index (χ3n) is 7.27. The van der Waals surface area contributed by atoms with E-state index in [1.807, 2.05) is 19.0 Å². The number of likely N-dealkylation sites (N-methyl/N-ethyl adjacent to an activating group) is 2. The summed E-state index contributed by atoms with van der Waals surface area (Å²) in [6, 6.07) is 5.01. The number of hydrogen-bond donors (Lipinski definition) is 1. The van der Waals surface area contributed by atoms with Crippen LogP contribution in [0.2, 0.25) is 0 Å². The number of carbonyl (C=O) groups is 1. The van der Waals surface area contributed by atoms with Gasteiger partial charge in [0.25, 0.3) is 5.69 Å². The zero-order valence-electron chi connectivity index (χ0n) is 26.9. The summed E-state index contributed by atoms with van der Waals surface area (Å²) in [6.45, 7) is 8.13. The molecule has 0 aliphatic carbocycles. The number of benzene rings is 1. The third-order valence-corrected chi connectivity index (χ3v) is 7.27. The van der Waals surface area contributed by atoms with Crippen molar-refractivity contribution in [3.8, 4) is 5.75 Å². The number of methoxy groups -OCH3 is 1. The fourth-order valence-electron chi connectivity index (χ4n) is 5.00. The fraction of sp³-hybridized carbons (Fsp3) is 0.467. The van der Waals surface area contributed by atoms with Crippen LogP contribution in [0.5, 0.6) is 5.75 Å². The molecule has 1 aliphatic heterocycles. The van der Waals surface area contributed by atoms with Gasteiger partial charge in [-0.05, 0) is 40.1 Å². The predicted octanol–water partition coefficient (Wildman–Crippen LogP) is 5.54. The number of nitrogens with zero attached hydrogens (tertiary/aromatic N) is 7. The molecular weight excluding hydrogens is 609 g/mol. The first-order valence-corrected chi connectivity index (χ1v) is 14.4. The van der Waals surface area contributed by atoms with E-state index < -0.39 is 34.3 Å². The molecule has 3 aromatic rings. The number of anilines is 5. The lowest BCUT2D eigenvalue weighted by Crippen LogP contribution is -2.29. The molecule has 2 aromatic heterocycles. The van der Waals surface area contributed by atoms with Crippen molar-refractivity contribution in [2.75, 3.05) is 63.0 Å². The summed E-state index contributed by atoms with van der Waals surface area (Å²) in [5, 5.41) is 15.1. The Labute approximate surface area is 264 Å². The Morgan fingerprint density at radius 2 is 1.87 bits per heavy atom. The maximum atomic E-state index is 13.5. The summed E-state index contributed by atoms with van der Waals surface area (Å²) >= 11 is 0. The molecular formula is C30H37F3N8O5. The molecule has 0 saturated carbocycles. The molecule has 0 radical (unpaired) electrons. The SMILES string of the molecule is COc1cc(N(C)CCN(C)C)c([N+](=O)[O-])cc1Nc1ncc(C(=O)OC(C)C)c(N2CC(C)(C)c3nc(C(F)(F)F)ccc32)n1. The monoisotopic (exact) mass is 646 g/mol. The lowest BCUT2D eigenvalue weighted by atomic mass is 9.91. The molecule has 3 heterocycles. The van der Waals surface area contributed by atoms with Gasteiger partial charge in [-0.25, -0.2) is 14.8 Å². The standard InChI is InChI=1S/C30H37F3N8O5/c1-17(2)46-27(42)18-15-34-28(35-19-13-22(41(43)44)21(14-23(19)45-8)39(7)12-11-38(5)6)37-26(18)40-16-29(3,4)25-20(40)9-10-24(36-25)30(31,32)33/h9-10,13-15,17H,11-12,16H2,1-8H3,(H,34,35,37). The van der Waals surface area contributed by atoms with E-state index in [0.29, 0.717) is 24.5 Å². The Morgan fingerprint density at radius 3 is 2.46 bits per heavy atom. The van der Waals surface area contributed by atoms with Gasteiger partial charge in [-0.1, -0.05) is 13.8 Å². The number of esters is 1. The van der Waals surface area contributed by atoms with Crippen molar-refractivity contribution in [1.82, 2.24) is 19.9 Å². The average molecular weight is 647 g/mol. The fourth-order valence-corrected chi connectivity index (χ4v) is 5.00. The van der Waals surface area contributed by atoms with E-state index in [4.69, 9.17) is 9.47 Å². The highest BCUT2D eigenvalue weighted by Crippen LogP contribution is 2.45. The minimum absolute atomic E-state index is 0.0291. The second kappa shape index (κ2) is 12.9. The zero-order valence-corrected chi connectivity index (χ0v) is 26.9. The van der Waals surface area contributed by atoms with Crippen molar-refractivity contribution >= 4 is 40.5 Å². The van der Waals surface area contributed by atoms with Crippen molar-refractivity contribution < 1.29 is 32.4 Å². The minimum Gasteiger partial charge on any atom is -0.494 e. The predicted molar refractivity (Wildman–Crippen MR) is 167 cm³/mol. The summed E-state index contributed by atoms with van der Waals surface area (Å²) in [4.78, 5) is 42.8. The number of alkyl halides is 3. The molecule has 0 spiro atoms. The summed E-state index contributed by atoms with van der Waals surface area (Å²) in [5.74, 6) is -0.461. The van der Waals surface area contributed by atoms with Gasteiger partial charge >= 0.3 is 12.1 Å². The molecule has 0 atom stereocenters. The number of nitrogens with one attached hydrogen (secondary N) is 1. The molecule has 0 fully saturated rings. The van der Waals surface area contributed by atoms with Crippen LogP contribution in [0.4, 0.5) is 47.7 Å². The summed E-state index contributed by atoms with van der Waals surface area (Å²) in [6.07, 6.45) is -3.88. The van der Waals surface area contributed by atoms with Gasteiger partial charge in [-0.2, -0.15) is 18.2 Å². The first-order valence-electron chi connectivity index (χ1n) is 14.4. The van der Waals surface area contributed by atoms with Crippen molar-refractivity contribution in [2.45, 2.75) is 45.4 Å². The first kappa shape index (κ1) is 34.1. The lowest BCUT2D eigenvalue weighted by molar-refractivity contribution is -0.384. The maximum absolute atomic E-state index is 13.5. The molecule has 46 heavy (non-hydrogen) atoms. The largest absolute Gasteiger partial charge is 0.494 e. The molecule has 0 amide bonds. The summed E-state index contributed by atoms with van der Waals surface area (Å²) < 4.78 is 51.6. The highest BCUT2D eigenvalue weighted by atomic mass is 19.4. The maximum Gasteiger partial charge on any atom is 0.433 e. The van der Waals surface area contributed by atoms with E-state index in [9.17, 15) is 28.1 Å². The first-order chi connectivity index (χ1) is 21.4. The highest BCUT2D eigenvalue weighted by Gasteiger charge is 2.42. The second-order valence-corrected chi connectivity index (χ2v) is 12.1. The second-order valence-electron chi connectivity index (χ2n) is 12.1. The summed E-state index contributed by atoms with van der Waals surface area (Å²) in [7, 11) is 6.95. The lowest BCUT2D eigenvalue weighted by Gasteiger charge is -2.24. The molecule has 13 nitrogen and oxygen atoms in total. The van der Waals surface area contributed by atoms with E-state index in [0.717, 1.165) is 6.07 Å². The number of carbonyl (C=O) groups excluding carboxylic acids is 1. The molecule has 1 aliphatic rings. The number of rotatable bonds is 11. The molecule has 248 valence electrons. The molecule has 0 saturated heterocycles. The smallest absolute Gasteiger partial charge is 0.433 e. The Balaban J connectivity index is 1.81. The highest BCUT2D eigenvalue weighted by molar-refractivity contribution is 5.96. The van der Waals surface area contributed by atoms with Gasteiger partial charge in [0.2, 0.25) is 5.95 Å². The molecule has 4 rings (SSSR count). The number of halogens is 3. The van der Waals surface area contributed by atoms with Crippen LogP contribution in [0.3, 0.4) is 0 Å². The molecule has 0 bridgehead atoms. The van der Waals surface area contributed by atoms with E-state index in [2.05, 4.69) is 20.3 Å². The van der Waals surface area contributed by atoms with E-state index in [1.54, 1.807) is 44.5 Å². The van der Waals surface area contributed by atoms with Crippen LogP contribution in [0, 0.1) is 10.1 Å². The van der Waals surface area contributed by atoms with Crippen LogP contribution in [0.25, 0.3) is 0 Å². The molecule has 16 heteroatoms. The van der Waals surface area contributed by atoms with Gasteiger partial charge in [0, 0.05) is 50.4 Å². The van der Waals surface area contributed by atoms with Crippen LogP contribution in [0.15, 0.2) is 30.5 Å². The Hall–Kier alpha value is -4.73. The molecule has 1 N–H and O–H groups in total. The van der Waals surface area contributed by atoms with Gasteiger partial charge in [-0.3, -0.25) is 10.1 Å². The number of ether oxygens (including phenoxy) is 2. The molecule has 1 aromatic carbocycles. The quantitative estimate of drug-likeness (QED) is 0.159. The zero-order chi connectivity index (χ0) is 34.1. The van der Waals surface area contributed by atoms with Gasteiger partial charge in [0.1, 0.15) is 22.7 Å². The number of hydrogen-bond acceptors (Lipinski definition) is 12. The molecule has 0 unspecified atom stereocenters. The van der Waals surface area contributed by atoms with Crippen LogP contribution >= 0.6 is 0 Å². The van der Waals surface area contributed by atoms with E-state index in [-0.39, 0.29) is 46.7 Å². The van der Waals surface area contributed by atoms with Crippen LogP contribution in [-0.2, 0) is 16.3 Å². The van der Waals surface area contributed by atoms with Crippen LogP contribution in [-0.4, -0.2) is 84.7 Å². The Morgan fingerprint density at radius 1 is 1.17 bits per heavy atom. The van der Waals surface area contributed by atoms with Crippen molar-refractivity contribution in [1.29, 1.82) is 0 Å². The Kier molecular flexibility index (Phi) is 9.61. The Bertz CT molecular complexity index is 1630. The summed E-state index contributed by atoms with van der Waals surface area (Å²) in [5.41, 5.74) is -1.07. The van der Waals surface area contributed by atoms with Gasteiger partial charge < -0.3 is 29.5 Å². The number of fused-ring (bicyclic) bond motifs is 1. The van der Waals surface area contributed by atoms with E-state index in [1.165, 1.54) is 31.5 Å². The number of aromatic nitrogens is 3. The van der Waals surface area contributed by atoms with Crippen molar-refractivity contribution in [2.24, 2.45) is 0 Å². The van der Waals surface area contributed by atoms with Gasteiger partial charge in [0.15, 0.2) is 5.82 Å². The third kappa shape index (κ3) is 7.22. The van der Waals surface area contributed by atoms with Crippen molar-refractivity contribution in [3.05, 3.63) is 57.5 Å². The number of pyridine rings is 1. The van der Waals surface area contributed by atoms with Crippen LogP contribution < -0.4 is 19.9 Å². The minimum atomic E-state index is -4.64. The van der Waals surface area contributed by atoms with Gasteiger partial charge in [-0.15, -0.1) is 0 Å². The number of nitro benzene ring substituents is 1. The normalized spacial score (nSPS) is 14.0. The topological polar surface area (TPSA) is 139 Å².